The normalized spacial score (nSPS) is 14.9. The standard InChI is InChI=1S/C14H18F3NO2S/c1-5-12(18-21(19)13(2,3)4)10-7-6-8-11(9-10)20-14(15,16)17/h6-9H,5H2,1-4H3/t21-/m0/s1. The average molecular weight is 321 g/mol. The lowest BCUT2D eigenvalue weighted by Gasteiger charge is -2.15. The van der Waals surface area contributed by atoms with Gasteiger partial charge in [-0.15, -0.1) is 13.2 Å². The first-order valence-electron chi connectivity index (χ1n) is 6.38. The summed E-state index contributed by atoms with van der Waals surface area (Å²) in [5.41, 5.74) is 0.952. The van der Waals surface area contributed by atoms with Crippen molar-refractivity contribution >= 4 is 16.7 Å². The SMILES string of the molecule is CCC(=N[S@@](=O)C(C)(C)C)c1cccc(OC(F)(F)F)c1. The first-order valence-corrected chi connectivity index (χ1v) is 7.49. The minimum Gasteiger partial charge on any atom is -0.406 e. The van der Waals surface area contributed by atoms with Crippen molar-refractivity contribution in [1.29, 1.82) is 0 Å². The van der Waals surface area contributed by atoms with Crippen molar-refractivity contribution in [3.8, 4) is 5.75 Å². The van der Waals surface area contributed by atoms with Crippen molar-refractivity contribution in [2.75, 3.05) is 0 Å². The first-order chi connectivity index (χ1) is 9.53. The van der Waals surface area contributed by atoms with E-state index in [1.54, 1.807) is 33.8 Å². The lowest BCUT2D eigenvalue weighted by molar-refractivity contribution is -0.274. The number of benzene rings is 1. The molecule has 0 unspecified atom stereocenters. The van der Waals surface area contributed by atoms with Crippen LogP contribution >= 0.6 is 0 Å². The third-order valence-electron chi connectivity index (χ3n) is 2.45. The van der Waals surface area contributed by atoms with Gasteiger partial charge < -0.3 is 4.74 Å². The zero-order chi connectivity index (χ0) is 16.3. The summed E-state index contributed by atoms with van der Waals surface area (Å²) in [5.74, 6) is -0.317. The number of ether oxygens (including phenoxy) is 1. The Morgan fingerprint density at radius 3 is 2.38 bits per heavy atom. The summed E-state index contributed by atoms with van der Waals surface area (Å²) < 4.78 is 56.2. The lowest BCUT2D eigenvalue weighted by atomic mass is 10.1. The predicted octanol–water partition coefficient (Wildman–Crippen LogP) is 4.25. The molecule has 0 saturated heterocycles. The second-order valence-corrected chi connectivity index (χ2v) is 7.23. The molecule has 0 aromatic heterocycles. The van der Waals surface area contributed by atoms with Gasteiger partial charge >= 0.3 is 6.36 Å². The van der Waals surface area contributed by atoms with E-state index in [1.807, 2.05) is 0 Å². The van der Waals surface area contributed by atoms with E-state index in [9.17, 15) is 17.4 Å². The maximum atomic E-state index is 12.2. The van der Waals surface area contributed by atoms with Crippen LogP contribution in [0, 0.1) is 0 Å². The fraction of sp³-hybridized carbons (Fsp3) is 0.500. The Morgan fingerprint density at radius 2 is 1.90 bits per heavy atom. The van der Waals surface area contributed by atoms with Crippen LogP contribution in [0.5, 0.6) is 5.75 Å². The monoisotopic (exact) mass is 321 g/mol. The second kappa shape index (κ2) is 6.60. The highest BCUT2D eigenvalue weighted by atomic mass is 32.2. The van der Waals surface area contributed by atoms with Crippen molar-refractivity contribution in [1.82, 2.24) is 0 Å². The maximum Gasteiger partial charge on any atom is 0.573 e. The van der Waals surface area contributed by atoms with Crippen LogP contribution in [0.25, 0.3) is 0 Å². The molecular formula is C14H18F3NO2S. The van der Waals surface area contributed by atoms with Gasteiger partial charge in [0.2, 0.25) is 0 Å². The summed E-state index contributed by atoms with van der Waals surface area (Å²) in [4.78, 5) is 0. The molecule has 0 heterocycles. The van der Waals surface area contributed by atoms with Crippen LogP contribution in [-0.4, -0.2) is 21.0 Å². The fourth-order valence-corrected chi connectivity index (χ4v) is 2.14. The molecule has 0 spiro atoms. The van der Waals surface area contributed by atoms with Crippen molar-refractivity contribution < 1.29 is 22.1 Å². The highest BCUT2D eigenvalue weighted by molar-refractivity contribution is 7.85. The van der Waals surface area contributed by atoms with E-state index >= 15 is 0 Å². The Hall–Kier alpha value is -1.37. The minimum atomic E-state index is -4.74. The molecule has 0 amide bonds. The highest BCUT2D eigenvalue weighted by Gasteiger charge is 2.31. The molecule has 0 radical (unpaired) electrons. The van der Waals surface area contributed by atoms with Gasteiger partial charge in [0.25, 0.3) is 0 Å². The van der Waals surface area contributed by atoms with Crippen molar-refractivity contribution in [2.24, 2.45) is 4.40 Å². The summed E-state index contributed by atoms with van der Waals surface area (Å²) in [6.07, 6.45) is -4.28. The molecule has 0 aliphatic rings. The number of hydrogen-bond acceptors (Lipinski definition) is 2. The van der Waals surface area contributed by atoms with Crippen molar-refractivity contribution in [3.05, 3.63) is 29.8 Å². The zero-order valence-electron chi connectivity index (χ0n) is 12.3. The molecule has 7 heteroatoms. The predicted molar refractivity (Wildman–Crippen MR) is 77.8 cm³/mol. The topological polar surface area (TPSA) is 38.7 Å². The molecule has 0 saturated carbocycles. The van der Waals surface area contributed by atoms with Crippen LogP contribution in [0.4, 0.5) is 13.2 Å². The molecule has 1 aromatic rings. The van der Waals surface area contributed by atoms with Crippen LogP contribution in [0.1, 0.15) is 39.7 Å². The van der Waals surface area contributed by atoms with E-state index in [-0.39, 0.29) is 5.75 Å². The number of halogens is 3. The van der Waals surface area contributed by atoms with Gasteiger partial charge in [-0.3, -0.25) is 0 Å². The Morgan fingerprint density at radius 1 is 1.29 bits per heavy atom. The molecule has 118 valence electrons. The van der Waals surface area contributed by atoms with Gasteiger partial charge in [-0.05, 0) is 39.3 Å². The number of alkyl halides is 3. The maximum absolute atomic E-state index is 12.2. The van der Waals surface area contributed by atoms with Crippen LogP contribution in [0.2, 0.25) is 0 Å². The average Bonchev–Trinajstić information content (AvgIpc) is 2.32. The Labute approximate surface area is 124 Å². The van der Waals surface area contributed by atoms with Crippen molar-refractivity contribution in [3.63, 3.8) is 0 Å². The minimum absolute atomic E-state index is 0.317. The summed E-state index contributed by atoms with van der Waals surface area (Å²) in [6, 6.07) is 5.52. The fourth-order valence-electron chi connectivity index (χ4n) is 1.43. The molecule has 0 bridgehead atoms. The van der Waals surface area contributed by atoms with Crippen LogP contribution in [0.3, 0.4) is 0 Å². The molecule has 1 atom stereocenters. The second-order valence-electron chi connectivity index (χ2n) is 5.33. The van der Waals surface area contributed by atoms with Gasteiger partial charge in [-0.25, -0.2) is 4.21 Å². The summed E-state index contributed by atoms with van der Waals surface area (Å²) >= 11 is 0. The number of nitrogens with zero attached hydrogens (tertiary/aromatic N) is 1. The molecule has 0 aliphatic heterocycles. The van der Waals surface area contributed by atoms with E-state index in [4.69, 9.17) is 0 Å². The third-order valence-corrected chi connectivity index (χ3v) is 3.89. The van der Waals surface area contributed by atoms with Gasteiger partial charge in [-0.2, -0.15) is 4.40 Å². The van der Waals surface area contributed by atoms with Crippen LogP contribution in [0.15, 0.2) is 28.7 Å². The molecule has 0 fully saturated rings. The van der Waals surface area contributed by atoms with Gasteiger partial charge in [0.05, 0.1) is 10.5 Å². The summed E-state index contributed by atoms with van der Waals surface area (Å²) in [7, 11) is -1.47. The molecule has 0 aliphatic carbocycles. The first kappa shape index (κ1) is 17.7. The molecular weight excluding hydrogens is 303 g/mol. The van der Waals surface area contributed by atoms with E-state index in [0.717, 1.165) is 0 Å². The molecule has 0 N–H and O–H groups in total. The molecule has 1 rings (SSSR count). The quantitative estimate of drug-likeness (QED) is 0.778. The van der Waals surface area contributed by atoms with Crippen LogP contribution < -0.4 is 4.74 Å². The molecule has 21 heavy (non-hydrogen) atoms. The zero-order valence-corrected chi connectivity index (χ0v) is 13.1. The van der Waals surface area contributed by atoms with E-state index in [0.29, 0.717) is 17.7 Å². The van der Waals surface area contributed by atoms with E-state index in [1.165, 1.54) is 18.2 Å². The van der Waals surface area contributed by atoms with Crippen molar-refractivity contribution in [2.45, 2.75) is 45.2 Å². The summed E-state index contributed by atoms with van der Waals surface area (Å²) in [6.45, 7) is 7.14. The largest absolute Gasteiger partial charge is 0.573 e. The van der Waals surface area contributed by atoms with E-state index < -0.39 is 22.1 Å². The van der Waals surface area contributed by atoms with Gasteiger partial charge in [0.1, 0.15) is 16.7 Å². The highest BCUT2D eigenvalue weighted by Crippen LogP contribution is 2.24. The molecule has 1 aromatic carbocycles. The number of hydrogen-bond donors (Lipinski definition) is 0. The number of rotatable bonds is 4. The van der Waals surface area contributed by atoms with Gasteiger partial charge in [-0.1, -0.05) is 19.1 Å². The van der Waals surface area contributed by atoms with Crippen LogP contribution in [-0.2, 0) is 11.0 Å². The molecule has 3 nitrogen and oxygen atoms in total. The third kappa shape index (κ3) is 5.87. The Kier molecular flexibility index (Phi) is 5.55. The Bertz CT molecular complexity index is 548. The van der Waals surface area contributed by atoms with E-state index in [2.05, 4.69) is 9.13 Å². The smallest absolute Gasteiger partial charge is 0.406 e. The summed E-state index contributed by atoms with van der Waals surface area (Å²) in [5, 5.41) is 0. The Balaban J connectivity index is 3.10. The van der Waals surface area contributed by atoms with Gasteiger partial charge in [0.15, 0.2) is 0 Å². The lowest BCUT2D eigenvalue weighted by Crippen LogP contribution is -2.21. The van der Waals surface area contributed by atoms with Gasteiger partial charge in [0, 0.05) is 5.56 Å².